The maximum absolute atomic E-state index is 12.5. The van der Waals surface area contributed by atoms with Crippen LogP contribution in [-0.4, -0.2) is 22.3 Å². The number of hydrogen-bond acceptors (Lipinski definition) is 4. The lowest BCUT2D eigenvalue weighted by Crippen LogP contribution is -2.18. The third-order valence-corrected chi connectivity index (χ3v) is 4.65. The van der Waals surface area contributed by atoms with Crippen LogP contribution >= 0.6 is 0 Å². The smallest absolute Gasteiger partial charge is 0.412 e. The van der Waals surface area contributed by atoms with Crippen molar-refractivity contribution in [2.45, 2.75) is 25.4 Å². The number of benzene rings is 3. The number of aliphatic carboxylic acids is 1. The summed E-state index contributed by atoms with van der Waals surface area (Å²) in [6.45, 7) is 0. The fraction of sp³-hybridized carbons (Fsp3) is 0.167. The number of anilines is 1. The Morgan fingerprint density at radius 3 is 2.40 bits per heavy atom. The van der Waals surface area contributed by atoms with Crippen molar-refractivity contribution >= 4 is 28.5 Å². The number of nitrogens with one attached hydrogen (secondary N) is 1. The lowest BCUT2D eigenvalue weighted by molar-refractivity contribution is -0.131. The first-order valence-corrected chi connectivity index (χ1v) is 9.67. The molecule has 154 valence electrons. The lowest BCUT2D eigenvalue weighted by Gasteiger charge is -2.20. The number of carboxylic acid groups (broad SMARTS) is 1. The molecule has 0 aromatic heterocycles. The molecule has 0 spiro atoms. The van der Waals surface area contributed by atoms with Crippen LogP contribution < -0.4 is 5.32 Å². The minimum Gasteiger partial charge on any atom is -0.507 e. The number of allylic oxidation sites excluding steroid dienone is 1. The lowest BCUT2D eigenvalue weighted by atomic mass is 9.96. The molecule has 0 unspecified atom stereocenters. The fourth-order valence-corrected chi connectivity index (χ4v) is 3.27. The van der Waals surface area contributed by atoms with Gasteiger partial charge in [-0.1, -0.05) is 54.6 Å². The topological polar surface area (TPSA) is 95.9 Å². The number of aromatic hydroxyl groups is 1. The van der Waals surface area contributed by atoms with E-state index in [1.165, 1.54) is 0 Å². The number of rotatable bonds is 8. The van der Waals surface area contributed by atoms with Gasteiger partial charge in [0.25, 0.3) is 0 Å². The molecule has 0 heterocycles. The molecule has 0 aliphatic rings. The van der Waals surface area contributed by atoms with Crippen LogP contribution in [0.1, 0.15) is 30.9 Å². The molecular formula is C24H23NO5. The van der Waals surface area contributed by atoms with Gasteiger partial charge >= 0.3 is 12.1 Å². The number of amides is 1. The molecule has 0 saturated carbocycles. The summed E-state index contributed by atoms with van der Waals surface area (Å²) in [6, 6.07) is 19.7. The summed E-state index contributed by atoms with van der Waals surface area (Å²) >= 11 is 0. The van der Waals surface area contributed by atoms with Crippen molar-refractivity contribution in [3.63, 3.8) is 0 Å². The predicted octanol–water partition coefficient (Wildman–Crippen LogP) is 5.65. The number of hydrogen-bond donors (Lipinski definition) is 3. The largest absolute Gasteiger partial charge is 0.507 e. The van der Waals surface area contributed by atoms with Crippen molar-refractivity contribution in [3.05, 3.63) is 84.4 Å². The van der Waals surface area contributed by atoms with Gasteiger partial charge in [0, 0.05) is 22.7 Å². The Morgan fingerprint density at radius 1 is 0.967 bits per heavy atom. The summed E-state index contributed by atoms with van der Waals surface area (Å²) in [4.78, 5) is 23.1. The van der Waals surface area contributed by atoms with Crippen LogP contribution in [0.15, 0.2) is 78.9 Å². The summed E-state index contributed by atoms with van der Waals surface area (Å²) in [6.07, 6.45) is 3.22. The molecule has 0 bridgehead atoms. The number of unbranched alkanes of at least 4 members (excludes halogenated alkanes) is 1. The van der Waals surface area contributed by atoms with E-state index in [9.17, 15) is 14.7 Å². The zero-order valence-electron chi connectivity index (χ0n) is 16.3. The average molecular weight is 405 g/mol. The Bertz CT molecular complexity index is 1050. The van der Waals surface area contributed by atoms with Crippen molar-refractivity contribution < 1.29 is 24.5 Å². The molecule has 1 atom stereocenters. The fourth-order valence-electron chi connectivity index (χ4n) is 3.27. The van der Waals surface area contributed by atoms with E-state index in [2.05, 4.69) is 5.32 Å². The summed E-state index contributed by atoms with van der Waals surface area (Å²) in [5.74, 6) is -0.833. The quantitative estimate of drug-likeness (QED) is 0.333. The predicted molar refractivity (Wildman–Crippen MR) is 116 cm³/mol. The average Bonchev–Trinajstić information content (AvgIpc) is 2.74. The van der Waals surface area contributed by atoms with Crippen LogP contribution in [0.25, 0.3) is 10.8 Å². The Kier molecular flexibility index (Phi) is 7.05. The first kappa shape index (κ1) is 20.9. The summed E-state index contributed by atoms with van der Waals surface area (Å²) in [5.41, 5.74) is 1.41. The van der Waals surface area contributed by atoms with Gasteiger partial charge in [0.1, 0.15) is 11.9 Å². The van der Waals surface area contributed by atoms with Crippen molar-refractivity contribution in [3.8, 4) is 5.75 Å². The van der Waals surface area contributed by atoms with Crippen LogP contribution in [0, 0.1) is 0 Å². The van der Waals surface area contributed by atoms with Crippen molar-refractivity contribution in [2.75, 3.05) is 5.32 Å². The van der Waals surface area contributed by atoms with E-state index < -0.39 is 18.2 Å². The molecule has 1 amide bonds. The third-order valence-electron chi connectivity index (χ3n) is 4.65. The number of carboxylic acids is 1. The maximum Gasteiger partial charge on any atom is 0.412 e. The van der Waals surface area contributed by atoms with Gasteiger partial charge in [-0.05, 0) is 42.8 Å². The Balaban J connectivity index is 1.81. The molecule has 3 aromatic carbocycles. The Labute approximate surface area is 174 Å². The molecule has 6 nitrogen and oxygen atoms in total. The van der Waals surface area contributed by atoms with Gasteiger partial charge < -0.3 is 14.9 Å². The molecule has 0 aliphatic heterocycles. The molecule has 3 rings (SSSR count). The van der Waals surface area contributed by atoms with E-state index >= 15 is 0 Å². The zero-order chi connectivity index (χ0) is 21.3. The highest BCUT2D eigenvalue weighted by Crippen LogP contribution is 2.34. The number of carbonyl (C=O) groups is 2. The van der Waals surface area contributed by atoms with Crippen LogP contribution in [0.5, 0.6) is 5.75 Å². The molecule has 0 radical (unpaired) electrons. The van der Waals surface area contributed by atoms with E-state index in [0.717, 1.165) is 17.0 Å². The second-order valence-electron chi connectivity index (χ2n) is 6.78. The summed E-state index contributed by atoms with van der Waals surface area (Å²) < 4.78 is 5.74. The number of fused-ring (bicyclic) bond motifs is 1. The normalized spacial score (nSPS) is 12.0. The highest BCUT2D eigenvalue weighted by molar-refractivity contribution is 5.91. The molecule has 0 aliphatic carbocycles. The maximum atomic E-state index is 12.5. The van der Waals surface area contributed by atoms with E-state index in [0.29, 0.717) is 30.3 Å². The third kappa shape index (κ3) is 5.61. The van der Waals surface area contributed by atoms with Gasteiger partial charge in [-0.2, -0.15) is 0 Å². The van der Waals surface area contributed by atoms with Crippen LogP contribution in [0.4, 0.5) is 10.5 Å². The van der Waals surface area contributed by atoms with Crippen LogP contribution in [0.2, 0.25) is 0 Å². The zero-order valence-corrected chi connectivity index (χ0v) is 16.3. The summed E-state index contributed by atoms with van der Waals surface area (Å²) in [7, 11) is 0. The highest BCUT2D eigenvalue weighted by atomic mass is 16.6. The number of phenolic OH excluding ortho intramolecular Hbond substituents is 1. The molecule has 3 N–H and O–H groups in total. The minimum absolute atomic E-state index is 0.159. The van der Waals surface area contributed by atoms with Gasteiger partial charge in [0.2, 0.25) is 0 Å². The molecule has 0 fully saturated rings. The SMILES string of the molecule is O=C(O)/C=C/CCC[C@@H](OC(=O)Nc1ccccc1)c1ccc(O)c2ccccc12. The standard InChI is InChI=1S/C24H23NO5/c26-21-16-15-20(18-11-7-8-12-19(18)21)22(13-5-2-6-14-23(27)28)30-24(29)25-17-9-3-1-4-10-17/h1,3-4,6-12,14-16,22,26H,2,5,13H2,(H,25,29)(H,27,28)/b14-6+/t22-/m1/s1. The number of para-hydroxylation sites is 1. The first-order chi connectivity index (χ1) is 14.5. The van der Waals surface area contributed by atoms with Gasteiger partial charge in [-0.3, -0.25) is 5.32 Å². The minimum atomic E-state index is -0.991. The Hall–Kier alpha value is -3.80. The molecule has 3 aromatic rings. The number of phenols is 1. The second-order valence-corrected chi connectivity index (χ2v) is 6.78. The van der Waals surface area contributed by atoms with Gasteiger partial charge in [-0.15, -0.1) is 0 Å². The Morgan fingerprint density at radius 2 is 1.67 bits per heavy atom. The summed E-state index contributed by atoms with van der Waals surface area (Å²) in [5, 5.41) is 23.1. The van der Waals surface area contributed by atoms with Crippen molar-refractivity contribution in [1.82, 2.24) is 0 Å². The van der Waals surface area contributed by atoms with Crippen LogP contribution in [0.3, 0.4) is 0 Å². The second kappa shape index (κ2) is 10.1. The van der Waals surface area contributed by atoms with Crippen LogP contribution in [-0.2, 0) is 9.53 Å². The van der Waals surface area contributed by atoms with Crippen molar-refractivity contribution in [1.29, 1.82) is 0 Å². The first-order valence-electron chi connectivity index (χ1n) is 9.67. The molecule has 6 heteroatoms. The van der Waals surface area contributed by atoms with Gasteiger partial charge in [0.15, 0.2) is 0 Å². The van der Waals surface area contributed by atoms with E-state index in [1.807, 2.05) is 42.5 Å². The molecular weight excluding hydrogens is 382 g/mol. The van der Waals surface area contributed by atoms with Crippen molar-refractivity contribution in [2.24, 2.45) is 0 Å². The van der Waals surface area contributed by atoms with E-state index in [-0.39, 0.29) is 5.75 Å². The van der Waals surface area contributed by atoms with E-state index in [4.69, 9.17) is 9.84 Å². The monoisotopic (exact) mass is 405 g/mol. The van der Waals surface area contributed by atoms with Gasteiger partial charge in [-0.25, -0.2) is 9.59 Å². The van der Waals surface area contributed by atoms with Gasteiger partial charge in [0.05, 0.1) is 0 Å². The highest BCUT2D eigenvalue weighted by Gasteiger charge is 2.20. The molecule has 30 heavy (non-hydrogen) atoms. The van der Waals surface area contributed by atoms with E-state index in [1.54, 1.807) is 30.3 Å². The number of ether oxygens (including phenoxy) is 1. The number of carbonyl (C=O) groups excluding carboxylic acids is 1. The molecule has 0 saturated heterocycles.